The van der Waals surface area contributed by atoms with Crippen LogP contribution in [-0.4, -0.2) is 69.6 Å². The number of esters is 1. The van der Waals surface area contributed by atoms with E-state index in [9.17, 15) is 19.5 Å². The van der Waals surface area contributed by atoms with E-state index in [1.165, 1.54) is 4.90 Å². The number of aliphatic hydroxyl groups excluding tert-OH is 1. The molecule has 2 amide bonds. The van der Waals surface area contributed by atoms with Crippen molar-refractivity contribution >= 4 is 46.8 Å². The number of nitrogens with zero attached hydrogens (tertiary/aromatic N) is 2. The van der Waals surface area contributed by atoms with Gasteiger partial charge >= 0.3 is 5.97 Å². The van der Waals surface area contributed by atoms with Crippen LogP contribution in [-0.2, 0) is 19.1 Å². The third-order valence-electron chi connectivity index (χ3n) is 7.27. The smallest absolute Gasteiger partial charge is 0.310 e. The zero-order chi connectivity index (χ0) is 25.3. The Morgan fingerprint density at radius 1 is 1.34 bits per heavy atom. The van der Waals surface area contributed by atoms with Gasteiger partial charge in [0.15, 0.2) is 0 Å². The molecule has 3 aliphatic rings. The van der Waals surface area contributed by atoms with Crippen LogP contribution >= 0.6 is 23.4 Å². The maximum atomic E-state index is 14.2. The van der Waals surface area contributed by atoms with Crippen LogP contribution in [0.1, 0.15) is 26.2 Å². The van der Waals surface area contributed by atoms with Gasteiger partial charge in [-0.15, -0.1) is 24.9 Å². The monoisotopic (exact) mass is 518 g/mol. The summed E-state index contributed by atoms with van der Waals surface area (Å²) in [7, 11) is 0. The predicted molar refractivity (Wildman–Crippen MR) is 137 cm³/mol. The van der Waals surface area contributed by atoms with Crippen molar-refractivity contribution in [2.45, 2.75) is 48.3 Å². The van der Waals surface area contributed by atoms with E-state index in [2.05, 4.69) is 13.2 Å². The molecule has 4 rings (SSSR count). The van der Waals surface area contributed by atoms with Gasteiger partial charge in [0.1, 0.15) is 6.04 Å². The van der Waals surface area contributed by atoms with Crippen LogP contribution in [0.2, 0.25) is 5.02 Å². The third-order valence-corrected chi connectivity index (χ3v) is 9.47. The minimum absolute atomic E-state index is 0.0783. The van der Waals surface area contributed by atoms with Crippen LogP contribution in [0.25, 0.3) is 0 Å². The maximum absolute atomic E-state index is 14.2. The molecule has 188 valence electrons. The van der Waals surface area contributed by atoms with Crippen molar-refractivity contribution < 1.29 is 24.2 Å². The topological polar surface area (TPSA) is 87.1 Å². The second kappa shape index (κ2) is 10.4. The van der Waals surface area contributed by atoms with Crippen molar-refractivity contribution in [2.75, 3.05) is 24.7 Å². The summed E-state index contributed by atoms with van der Waals surface area (Å²) in [5.41, 5.74) is 0.640. The molecule has 6 atom stereocenters. The molecule has 1 N–H and O–H groups in total. The lowest BCUT2D eigenvalue weighted by Crippen LogP contribution is -2.57. The first-order chi connectivity index (χ1) is 16.8. The molecule has 3 heterocycles. The standard InChI is InChI=1S/C26H31ClN2O5S/c1-4-6-14-34-25(33)20-19-11-12-26(35-19)21(20)23(31)29(16(3)15-30)22(26)24(32)28(13-5-2)18-9-7-17(27)8-10-18/h4-5,7-10,16,19-22,30H,1-2,6,11-15H2,3H3/t16-,19-,20+,21+,22?,26?/m1/s1. The number of hydrogen-bond acceptors (Lipinski definition) is 6. The molecule has 1 aromatic rings. The number of benzene rings is 1. The van der Waals surface area contributed by atoms with Gasteiger partial charge < -0.3 is 19.6 Å². The van der Waals surface area contributed by atoms with E-state index in [0.29, 0.717) is 23.6 Å². The molecule has 0 aliphatic carbocycles. The number of ether oxygens (including phenoxy) is 1. The summed E-state index contributed by atoms with van der Waals surface area (Å²) in [6, 6.07) is 5.53. The number of hydrogen-bond donors (Lipinski definition) is 1. The quantitative estimate of drug-likeness (QED) is 0.290. The highest BCUT2D eigenvalue weighted by atomic mass is 35.5. The lowest BCUT2D eigenvalue weighted by Gasteiger charge is -2.38. The molecule has 0 aromatic heterocycles. The molecule has 7 nitrogen and oxygen atoms in total. The number of carbonyl (C=O) groups is 3. The molecule has 1 spiro atoms. The highest BCUT2D eigenvalue weighted by Gasteiger charge is 2.74. The van der Waals surface area contributed by atoms with Gasteiger partial charge in [0, 0.05) is 22.5 Å². The summed E-state index contributed by atoms with van der Waals surface area (Å²) in [4.78, 5) is 44.3. The zero-order valence-corrected chi connectivity index (χ0v) is 21.3. The Morgan fingerprint density at radius 3 is 2.69 bits per heavy atom. The fourth-order valence-electron chi connectivity index (χ4n) is 5.76. The number of likely N-dealkylation sites (tertiary alicyclic amines) is 1. The van der Waals surface area contributed by atoms with Crippen molar-refractivity contribution in [1.82, 2.24) is 4.90 Å². The van der Waals surface area contributed by atoms with Crippen LogP contribution in [0.4, 0.5) is 5.69 Å². The van der Waals surface area contributed by atoms with E-state index >= 15 is 0 Å². The van der Waals surface area contributed by atoms with Gasteiger partial charge in [-0.3, -0.25) is 14.4 Å². The van der Waals surface area contributed by atoms with E-state index in [-0.39, 0.29) is 36.8 Å². The summed E-state index contributed by atoms with van der Waals surface area (Å²) in [5, 5.41) is 10.5. The van der Waals surface area contributed by atoms with E-state index in [1.807, 2.05) is 0 Å². The first-order valence-corrected chi connectivity index (χ1v) is 13.1. The van der Waals surface area contributed by atoms with Crippen LogP contribution in [0.3, 0.4) is 0 Å². The fraction of sp³-hybridized carbons (Fsp3) is 0.500. The number of aliphatic hydroxyl groups is 1. The van der Waals surface area contributed by atoms with Crippen LogP contribution < -0.4 is 4.90 Å². The number of carbonyl (C=O) groups excluding carboxylic acids is 3. The van der Waals surface area contributed by atoms with E-state index < -0.39 is 34.6 Å². The molecule has 3 fully saturated rings. The number of amides is 2. The van der Waals surface area contributed by atoms with E-state index in [1.54, 1.807) is 60.0 Å². The Hall–Kier alpha value is -2.29. The average molecular weight is 519 g/mol. The highest BCUT2D eigenvalue weighted by Crippen LogP contribution is 2.67. The van der Waals surface area contributed by atoms with Gasteiger partial charge in [-0.05, 0) is 50.5 Å². The van der Waals surface area contributed by atoms with E-state index in [0.717, 1.165) is 6.42 Å². The maximum Gasteiger partial charge on any atom is 0.310 e. The molecule has 0 radical (unpaired) electrons. The number of rotatable bonds is 10. The van der Waals surface area contributed by atoms with Crippen molar-refractivity contribution in [2.24, 2.45) is 11.8 Å². The van der Waals surface area contributed by atoms with Gasteiger partial charge in [-0.1, -0.05) is 23.8 Å². The van der Waals surface area contributed by atoms with Crippen LogP contribution in [0, 0.1) is 11.8 Å². The highest BCUT2D eigenvalue weighted by molar-refractivity contribution is 8.02. The average Bonchev–Trinajstić information content (AvgIpc) is 3.50. The summed E-state index contributed by atoms with van der Waals surface area (Å²) in [5.74, 6) is -2.19. The number of halogens is 1. The first-order valence-electron chi connectivity index (χ1n) is 11.9. The van der Waals surface area contributed by atoms with E-state index in [4.69, 9.17) is 16.3 Å². The molecule has 9 heteroatoms. The fourth-order valence-corrected chi connectivity index (χ4v) is 8.07. The normalized spacial score (nSPS) is 29.6. The third kappa shape index (κ3) is 4.30. The zero-order valence-electron chi connectivity index (χ0n) is 19.8. The first kappa shape index (κ1) is 25.8. The molecule has 3 aliphatic heterocycles. The van der Waals surface area contributed by atoms with Crippen LogP contribution in [0.5, 0.6) is 0 Å². The molecular weight excluding hydrogens is 488 g/mol. The molecule has 35 heavy (non-hydrogen) atoms. The van der Waals surface area contributed by atoms with Gasteiger partial charge in [0.05, 0.1) is 35.8 Å². The molecule has 0 saturated carbocycles. The van der Waals surface area contributed by atoms with Crippen LogP contribution in [0.15, 0.2) is 49.6 Å². The van der Waals surface area contributed by atoms with Gasteiger partial charge in [-0.25, -0.2) is 0 Å². The Labute approximate surface area is 215 Å². The van der Waals surface area contributed by atoms with Gasteiger partial charge in [0.25, 0.3) is 5.91 Å². The van der Waals surface area contributed by atoms with Crippen molar-refractivity contribution in [3.8, 4) is 0 Å². The molecule has 2 bridgehead atoms. The summed E-state index contributed by atoms with van der Waals surface area (Å²) in [6.45, 7) is 9.36. The Balaban J connectivity index is 1.74. The minimum atomic E-state index is -0.821. The summed E-state index contributed by atoms with van der Waals surface area (Å²) >= 11 is 7.63. The predicted octanol–water partition coefficient (Wildman–Crippen LogP) is 3.45. The van der Waals surface area contributed by atoms with Crippen molar-refractivity contribution in [3.05, 3.63) is 54.6 Å². The molecule has 1 aromatic carbocycles. The molecular formula is C26H31ClN2O5S. The number of fused-ring (bicyclic) bond motifs is 1. The Kier molecular flexibility index (Phi) is 7.64. The van der Waals surface area contributed by atoms with Gasteiger partial charge in [0.2, 0.25) is 5.91 Å². The summed E-state index contributed by atoms with van der Waals surface area (Å²) < 4.78 is 4.74. The largest absolute Gasteiger partial charge is 0.465 e. The number of anilines is 1. The van der Waals surface area contributed by atoms with Gasteiger partial charge in [-0.2, -0.15) is 0 Å². The molecule has 3 saturated heterocycles. The lowest BCUT2D eigenvalue weighted by atomic mass is 9.71. The Morgan fingerprint density at radius 2 is 2.06 bits per heavy atom. The summed E-state index contributed by atoms with van der Waals surface area (Å²) in [6.07, 6.45) is 5.21. The Bertz CT molecular complexity index is 1020. The lowest BCUT2D eigenvalue weighted by molar-refractivity contribution is -0.154. The number of thioether (sulfide) groups is 1. The van der Waals surface area contributed by atoms with Crippen molar-refractivity contribution in [1.29, 1.82) is 0 Å². The second-order valence-corrected chi connectivity index (χ2v) is 11.3. The van der Waals surface area contributed by atoms with Crippen molar-refractivity contribution in [3.63, 3.8) is 0 Å². The molecule has 2 unspecified atom stereocenters. The SMILES string of the molecule is C=CCCOC(=O)[C@@H]1[C@H]2C(=O)N([C@H](C)CO)C(C(=O)N(CC=C)c3ccc(Cl)cc3)C23CC[C@H]1S3. The minimum Gasteiger partial charge on any atom is -0.465 e. The second-order valence-electron chi connectivity index (χ2n) is 9.29.